The number of phenolic OH excluding ortho intramolecular Hbond substituents is 2. The van der Waals surface area contributed by atoms with Crippen LogP contribution in [0, 0.1) is 0 Å². The van der Waals surface area contributed by atoms with E-state index in [0.29, 0.717) is 5.56 Å². The molecule has 3 N–H and O–H groups in total. The molecule has 0 aliphatic rings. The number of para-hydroxylation sites is 1. The molecule has 4 rings (SSSR count). The van der Waals surface area contributed by atoms with Gasteiger partial charge in [-0.05, 0) is 36.8 Å². The summed E-state index contributed by atoms with van der Waals surface area (Å²) in [5, 5.41) is 22.5. The van der Waals surface area contributed by atoms with E-state index < -0.39 is 30.9 Å². The van der Waals surface area contributed by atoms with Crippen molar-refractivity contribution in [3.63, 3.8) is 0 Å². The van der Waals surface area contributed by atoms with Gasteiger partial charge in [0.1, 0.15) is 46.3 Å². The number of phenols is 2. The van der Waals surface area contributed by atoms with Crippen LogP contribution >= 0.6 is 7.75 Å². The topological polar surface area (TPSA) is 145 Å². The summed E-state index contributed by atoms with van der Waals surface area (Å²) < 4.78 is 35.0. The van der Waals surface area contributed by atoms with Gasteiger partial charge in [0.05, 0.1) is 12.7 Å². The first-order valence-electron chi connectivity index (χ1n) is 10.7. The van der Waals surface area contributed by atoms with Gasteiger partial charge in [0, 0.05) is 12.1 Å². The highest BCUT2D eigenvalue weighted by Crippen LogP contribution is 2.46. The fraction of sp³-hybridized carbons (Fsp3) is 0.120. The molecule has 0 amide bonds. The van der Waals surface area contributed by atoms with Crippen molar-refractivity contribution in [2.75, 3.05) is 7.11 Å². The molecule has 0 saturated heterocycles. The Hall–Kier alpha value is -4.27. The molecule has 0 aliphatic carbocycles. The molecule has 1 unspecified atom stereocenters. The van der Waals surface area contributed by atoms with Crippen LogP contribution in [0.25, 0.3) is 22.1 Å². The quantitative estimate of drug-likeness (QED) is 0.227. The Morgan fingerprint density at radius 2 is 1.67 bits per heavy atom. The van der Waals surface area contributed by atoms with Crippen molar-refractivity contribution in [1.82, 2.24) is 5.09 Å². The number of methoxy groups -OCH3 is 1. The van der Waals surface area contributed by atoms with E-state index in [4.69, 9.17) is 13.5 Å². The lowest BCUT2D eigenvalue weighted by Crippen LogP contribution is -2.35. The Bertz CT molecular complexity index is 1500. The Morgan fingerprint density at radius 1 is 1.00 bits per heavy atom. The molecule has 10 nitrogen and oxygen atoms in total. The third kappa shape index (κ3) is 5.35. The maximum absolute atomic E-state index is 13.6. The molecule has 1 aromatic heterocycles. The zero-order chi connectivity index (χ0) is 25.9. The second-order valence-corrected chi connectivity index (χ2v) is 9.33. The number of rotatable bonds is 8. The number of esters is 1. The lowest BCUT2D eigenvalue weighted by atomic mass is 10.0. The van der Waals surface area contributed by atoms with Crippen LogP contribution in [-0.2, 0) is 14.1 Å². The van der Waals surface area contributed by atoms with Crippen LogP contribution in [0.5, 0.6) is 23.0 Å². The monoisotopic (exact) mass is 511 g/mol. The van der Waals surface area contributed by atoms with E-state index in [-0.39, 0.29) is 33.8 Å². The minimum atomic E-state index is -4.26. The molecule has 36 heavy (non-hydrogen) atoms. The highest BCUT2D eigenvalue weighted by Gasteiger charge is 2.34. The number of nitrogens with one attached hydrogen (secondary N) is 1. The SMILES string of the molecule is COC(=O)[C@H](C)NP(=O)(Oc1ccccc1)Oc1cc(O)c2c(=O)c(-c3ccc(O)cc3)coc2c1. The van der Waals surface area contributed by atoms with Gasteiger partial charge in [0.2, 0.25) is 5.43 Å². The molecule has 0 aliphatic heterocycles. The second kappa shape index (κ2) is 10.2. The van der Waals surface area contributed by atoms with Crippen LogP contribution in [0.4, 0.5) is 0 Å². The molecule has 4 aromatic rings. The van der Waals surface area contributed by atoms with Gasteiger partial charge < -0.3 is 28.4 Å². The van der Waals surface area contributed by atoms with Crippen molar-refractivity contribution in [2.24, 2.45) is 0 Å². The van der Waals surface area contributed by atoms with Crippen molar-refractivity contribution >= 4 is 24.7 Å². The minimum absolute atomic E-state index is 0.0332. The number of carbonyl (C=O) groups is 1. The lowest BCUT2D eigenvalue weighted by Gasteiger charge is -2.23. The molecule has 2 atom stereocenters. The zero-order valence-corrected chi connectivity index (χ0v) is 20.1. The molecule has 3 aromatic carbocycles. The average Bonchev–Trinajstić information content (AvgIpc) is 2.84. The first kappa shape index (κ1) is 24.8. The largest absolute Gasteiger partial charge is 0.513 e. The van der Waals surface area contributed by atoms with Crippen molar-refractivity contribution < 1.29 is 37.8 Å². The van der Waals surface area contributed by atoms with E-state index in [0.717, 1.165) is 6.07 Å². The van der Waals surface area contributed by atoms with Gasteiger partial charge in [-0.15, -0.1) is 0 Å². The zero-order valence-electron chi connectivity index (χ0n) is 19.2. The summed E-state index contributed by atoms with van der Waals surface area (Å²) in [4.78, 5) is 25.0. The van der Waals surface area contributed by atoms with E-state index in [9.17, 15) is 24.4 Å². The minimum Gasteiger partial charge on any atom is -0.508 e. The van der Waals surface area contributed by atoms with Crippen molar-refractivity contribution in [1.29, 1.82) is 0 Å². The fourth-order valence-corrected chi connectivity index (χ4v) is 4.90. The summed E-state index contributed by atoms with van der Waals surface area (Å²) in [6, 6.07) is 15.3. The number of fused-ring (bicyclic) bond motifs is 1. The van der Waals surface area contributed by atoms with E-state index in [1.165, 1.54) is 50.6 Å². The smallest absolute Gasteiger partial charge is 0.508 e. The van der Waals surface area contributed by atoms with Gasteiger partial charge >= 0.3 is 13.7 Å². The van der Waals surface area contributed by atoms with Gasteiger partial charge in [-0.25, -0.2) is 4.57 Å². The number of hydrogen-bond acceptors (Lipinski definition) is 9. The van der Waals surface area contributed by atoms with Gasteiger partial charge in [-0.3, -0.25) is 9.59 Å². The van der Waals surface area contributed by atoms with Gasteiger partial charge in [-0.2, -0.15) is 5.09 Å². The molecule has 1 heterocycles. The second-order valence-electron chi connectivity index (χ2n) is 7.71. The molecule has 0 saturated carbocycles. The predicted octanol–water partition coefficient (Wildman–Crippen LogP) is 4.59. The van der Waals surface area contributed by atoms with E-state index >= 15 is 0 Å². The first-order chi connectivity index (χ1) is 17.2. The normalized spacial score (nSPS) is 13.5. The van der Waals surface area contributed by atoms with Crippen molar-refractivity contribution in [3.8, 4) is 34.1 Å². The summed E-state index contributed by atoms with van der Waals surface area (Å²) in [6.07, 6.45) is 1.21. The standard InChI is InChI=1S/C25H22NO9P/c1-15(25(30)32-2)26-36(31,34-18-6-4-3-5-7-18)35-19-12-21(28)23-22(13-19)33-14-20(24(23)29)16-8-10-17(27)11-9-16/h3-15,27-28H,1-2H3,(H,26,31)/t15-,36?/m0/s1. The summed E-state index contributed by atoms with van der Waals surface area (Å²) in [5.74, 6) is -1.11. The van der Waals surface area contributed by atoms with Crippen LogP contribution < -0.4 is 19.6 Å². The Labute approximate surface area is 205 Å². The average molecular weight is 511 g/mol. The van der Waals surface area contributed by atoms with Gasteiger partial charge in [0.15, 0.2) is 0 Å². The molecule has 0 fully saturated rings. The number of hydrogen-bond donors (Lipinski definition) is 3. The highest BCUT2D eigenvalue weighted by molar-refractivity contribution is 7.52. The van der Waals surface area contributed by atoms with Crippen LogP contribution in [0.1, 0.15) is 6.92 Å². The Balaban J connectivity index is 1.71. The van der Waals surface area contributed by atoms with E-state index in [1.807, 2.05) is 0 Å². The molecular formula is C25H22NO9P. The summed E-state index contributed by atoms with van der Waals surface area (Å²) in [5.41, 5.74) is 0.0833. The summed E-state index contributed by atoms with van der Waals surface area (Å²) in [7, 11) is -3.08. The van der Waals surface area contributed by atoms with Crippen LogP contribution in [0.3, 0.4) is 0 Å². The Morgan fingerprint density at radius 3 is 2.33 bits per heavy atom. The molecule has 186 valence electrons. The van der Waals surface area contributed by atoms with Crippen molar-refractivity contribution in [3.05, 3.63) is 83.2 Å². The van der Waals surface area contributed by atoms with Crippen molar-refractivity contribution in [2.45, 2.75) is 13.0 Å². The van der Waals surface area contributed by atoms with Crippen LogP contribution in [0.2, 0.25) is 0 Å². The molecular weight excluding hydrogens is 489 g/mol. The first-order valence-corrected chi connectivity index (χ1v) is 12.2. The fourth-order valence-electron chi connectivity index (χ4n) is 3.40. The van der Waals surface area contributed by atoms with E-state index in [1.54, 1.807) is 30.3 Å². The predicted molar refractivity (Wildman–Crippen MR) is 131 cm³/mol. The maximum Gasteiger partial charge on any atom is 0.513 e. The molecule has 11 heteroatoms. The van der Waals surface area contributed by atoms with Gasteiger partial charge in [0.25, 0.3) is 0 Å². The highest BCUT2D eigenvalue weighted by atomic mass is 31.2. The lowest BCUT2D eigenvalue weighted by molar-refractivity contribution is -0.142. The number of benzene rings is 3. The van der Waals surface area contributed by atoms with Gasteiger partial charge in [-0.1, -0.05) is 30.3 Å². The maximum atomic E-state index is 13.6. The summed E-state index contributed by atoms with van der Waals surface area (Å²) >= 11 is 0. The molecule has 0 radical (unpaired) electrons. The Kier molecular flexibility index (Phi) is 7.00. The number of aromatic hydroxyl groups is 2. The van der Waals surface area contributed by atoms with Crippen LogP contribution in [-0.4, -0.2) is 29.3 Å². The number of ether oxygens (including phenoxy) is 1. The molecule has 0 spiro atoms. The van der Waals surface area contributed by atoms with Crippen LogP contribution in [0.15, 0.2) is 82.2 Å². The van der Waals surface area contributed by atoms with E-state index in [2.05, 4.69) is 9.82 Å². The third-order valence-electron chi connectivity index (χ3n) is 5.11. The summed E-state index contributed by atoms with van der Waals surface area (Å²) in [6.45, 7) is 1.41. The molecule has 0 bridgehead atoms. The number of carbonyl (C=O) groups excluding carboxylic acids is 1. The third-order valence-corrected chi connectivity index (χ3v) is 6.72.